The lowest BCUT2D eigenvalue weighted by atomic mass is 9.94. The van der Waals surface area contributed by atoms with Crippen molar-refractivity contribution in [1.82, 2.24) is 14.8 Å². The third kappa shape index (κ3) is 6.80. The van der Waals surface area contributed by atoms with E-state index in [0.29, 0.717) is 39.6 Å². The average Bonchev–Trinajstić information content (AvgIpc) is 3.50. The molecule has 0 amide bonds. The zero-order valence-electron chi connectivity index (χ0n) is 22.9. The van der Waals surface area contributed by atoms with Crippen LogP contribution in [0.4, 0.5) is 8.78 Å². The van der Waals surface area contributed by atoms with E-state index in [-0.39, 0.29) is 29.9 Å². The van der Waals surface area contributed by atoms with Crippen LogP contribution in [0.3, 0.4) is 0 Å². The van der Waals surface area contributed by atoms with E-state index in [1.54, 1.807) is 24.6 Å². The second kappa shape index (κ2) is 12.0. The Balaban J connectivity index is 1.96. The minimum Gasteiger partial charge on any atom is -0.488 e. The van der Waals surface area contributed by atoms with Crippen molar-refractivity contribution in [2.24, 2.45) is 11.1 Å². The van der Waals surface area contributed by atoms with Crippen LogP contribution in [0.15, 0.2) is 46.7 Å². The fourth-order valence-corrected chi connectivity index (χ4v) is 5.65. The Bertz CT molecular complexity index is 1700. The molecule has 1 unspecified atom stereocenters. The van der Waals surface area contributed by atoms with Crippen molar-refractivity contribution in [2.75, 3.05) is 0 Å². The van der Waals surface area contributed by atoms with Gasteiger partial charge in [0, 0.05) is 22.9 Å². The van der Waals surface area contributed by atoms with E-state index in [9.17, 15) is 27.1 Å². The van der Waals surface area contributed by atoms with E-state index in [1.165, 1.54) is 23.6 Å². The van der Waals surface area contributed by atoms with Gasteiger partial charge in [0.15, 0.2) is 17.3 Å². The van der Waals surface area contributed by atoms with Crippen molar-refractivity contribution in [3.05, 3.63) is 75.9 Å². The quantitative estimate of drug-likeness (QED) is 0.228. The Labute approximate surface area is 240 Å². The topological polar surface area (TPSA) is 137 Å². The Hall–Kier alpha value is -3.68. The molecule has 13 heteroatoms. The highest BCUT2D eigenvalue weighted by molar-refractivity contribution is 7.89. The van der Waals surface area contributed by atoms with E-state index >= 15 is 0 Å². The molecule has 218 valence electrons. The molecule has 3 N–H and O–H groups in total. The van der Waals surface area contributed by atoms with Gasteiger partial charge in [-0.3, -0.25) is 0 Å². The molecule has 0 saturated heterocycles. The van der Waals surface area contributed by atoms with Gasteiger partial charge in [0.25, 0.3) is 0 Å². The maximum absolute atomic E-state index is 14.8. The second-order valence-corrected chi connectivity index (χ2v) is 12.4. The third-order valence-corrected chi connectivity index (χ3v) is 8.23. The van der Waals surface area contributed by atoms with Crippen LogP contribution in [0.2, 0.25) is 0 Å². The molecule has 0 radical (unpaired) electrons. The van der Waals surface area contributed by atoms with Crippen LogP contribution >= 0.6 is 11.3 Å². The van der Waals surface area contributed by atoms with Crippen LogP contribution in [-0.2, 0) is 22.9 Å². The number of hydrogen-bond acceptors (Lipinski definition) is 7. The zero-order valence-corrected chi connectivity index (χ0v) is 24.5. The summed E-state index contributed by atoms with van der Waals surface area (Å²) in [5.41, 5.74) is 2.67. The minimum absolute atomic E-state index is 0.0347. The summed E-state index contributed by atoms with van der Waals surface area (Å²) in [6, 6.07) is 8.06. The molecule has 4 aromatic rings. The van der Waals surface area contributed by atoms with Gasteiger partial charge >= 0.3 is 5.97 Å². The molecule has 41 heavy (non-hydrogen) atoms. The molecule has 0 saturated carbocycles. The van der Waals surface area contributed by atoms with Gasteiger partial charge in [-0.05, 0) is 62.1 Å². The maximum Gasteiger partial charge on any atom is 0.355 e. The lowest BCUT2D eigenvalue weighted by Gasteiger charge is -2.14. The van der Waals surface area contributed by atoms with Crippen molar-refractivity contribution >= 4 is 27.3 Å². The first-order valence-corrected chi connectivity index (χ1v) is 15.3. The smallest absolute Gasteiger partial charge is 0.355 e. The van der Waals surface area contributed by atoms with Gasteiger partial charge in [-0.15, -0.1) is 11.3 Å². The fourth-order valence-electron chi connectivity index (χ4n) is 4.29. The number of halogens is 2. The van der Waals surface area contributed by atoms with Crippen LogP contribution in [0, 0.1) is 17.6 Å². The summed E-state index contributed by atoms with van der Waals surface area (Å²) in [6.07, 6.45) is 1.20. The first-order chi connectivity index (χ1) is 19.3. The predicted molar refractivity (Wildman–Crippen MR) is 151 cm³/mol. The summed E-state index contributed by atoms with van der Waals surface area (Å²) in [5.74, 6) is -2.49. The van der Waals surface area contributed by atoms with Crippen LogP contribution in [0.5, 0.6) is 5.75 Å². The molecule has 2 aromatic heterocycles. The number of carboxylic acids is 1. The number of sulfonamides is 1. The molecular formula is C28H30F2N4O5S2. The van der Waals surface area contributed by atoms with Crippen LogP contribution in [0.25, 0.3) is 16.4 Å². The van der Waals surface area contributed by atoms with Gasteiger partial charge in [-0.2, -0.15) is 5.10 Å². The summed E-state index contributed by atoms with van der Waals surface area (Å²) in [5, 5.41) is 21.1. The van der Waals surface area contributed by atoms with Gasteiger partial charge in [-0.1, -0.05) is 26.3 Å². The Morgan fingerprint density at radius 2 is 1.88 bits per heavy atom. The number of aromatic nitrogens is 3. The van der Waals surface area contributed by atoms with Crippen molar-refractivity contribution in [2.45, 2.75) is 58.0 Å². The van der Waals surface area contributed by atoms with Crippen LogP contribution in [0.1, 0.15) is 61.4 Å². The number of ether oxygens (including phenoxy) is 1. The molecule has 2 aromatic carbocycles. The van der Waals surface area contributed by atoms with E-state index in [0.717, 1.165) is 29.9 Å². The molecule has 0 fully saturated rings. The number of aromatic carboxylic acids is 1. The SMILES string of the molecule is CCC(C)Cc1c(Cc2ccc(S(N)(=O)=O)c(F)c2)c(-c2ccc(F)c(OC(C)C)c2)nn1-c1nc(C(=O)O)cs1. The highest BCUT2D eigenvalue weighted by atomic mass is 32.2. The first-order valence-electron chi connectivity index (χ1n) is 12.9. The molecular weight excluding hydrogens is 574 g/mol. The number of primary sulfonamides is 1. The zero-order chi connectivity index (χ0) is 30.1. The molecule has 4 rings (SSSR count). The number of benzene rings is 2. The Kier molecular flexibility index (Phi) is 8.90. The van der Waals surface area contributed by atoms with Gasteiger partial charge in [0.1, 0.15) is 10.7 Å². The molecule has 2 heterocycles. The number of thiazole rings is 1. The molecule has 0 aliphatic heterocycles. The minimum atomic E-state index is -4.25. The number of rotatable bonds is 11. The first kappa shape index (κ1) is 30.3. The molecule has 9 nitrogen and oxygen atoms in total. The van der Waals surface area contributed by atoms with E-state index in [4.69, 9.17) is 15.0 Å². The molecule has 0 bridgehead atoms. The Morgan fingerprint density at radius 3 is 2.46 bits per heavy atom. The largest absolute Gasteiger partial charge is 0.488 e. The molecule has 1 atom stereocenters. The van der Waals surface area contributed by atoms with Crippen LogP contribution in [-0.4, -0.2) is 40.4 Å². The third-order valence-electron chi connectivity index (χ3n) is 6.47. The summed E-state index contributed by atoms with van der Waals surface area (Å²) in [6.45, 7) is 7.64. The normalized spacial score (nSPS) is 12.6. The van der Waals surface area contributed by atoms with Crippen molar-refractivity contribution in [3.63, 3.8) is 0 Å². The highest BCUT2D eigenvalue weighted by Crippen LogP contribution is 2.35. The van der Waals surface area contributed by atoms with E-state index in [1.807, 2.05) is 6.92 Å². The predicted octanol–water partition coefficient (Wildman–Crippen LogP) is 5.59. The molecule has 0 aliphatic carbocycles. The number of nitrogens with zero attached hydrogens (tertiary/aromatic N) is 3. The second-order valence-electron chi connectivity index (χ2n) is 10.0. The van der Waals surface area contributed by atoms with E-state index in [2.05, 4.69) is 11.9 Å². The van der Waals surface area contributed by atoms with Crippen LogP contribution < -0.4 is 9.88 Å². The molecule has 0 spiro atoms. The fraction of sp³-hybridized carbons (Fsp3) is 0.321. The van der Waals surface area contributed by atoms with Gasteiger partial charge in [0.05, 0.1) is 17.5 Å². The van der Waals surface area contributed by atoms with E-state index < -0.39 is 32.5 Å². The monoisotopic (exact) mass is 604 g/mol. The van der Waals surface area contributed by atoms with Crippen molar-refractivity contribution in [3.8, 4) is 22.1 Å². The highest BCUT2D eigenvalue weighted by Gasteiger charge is 2.25. The maximum atomic E-state index is 14.8. The summed E-state index contributed by atoms with van der Waals surface area (Å²) in [7, 11) is -4.25. The standard InChI is InChI=1S/C28H30F2N4O5S2/c1-5-16(4)10-23-19(11-17-6-9-25(21(30)12-17)41(31,37)38)26(18-7-8-20(29)24(13-18)39-15(2)3)33-34(23)28-32-22(14-40-28)27(35)36/h6-9,12-16H,5,10-11H2,1-4H3,(H,35,36)(H2,31,37,38). The van der Waals surface area contributed by atoms with Crippen molar-refractivity contribution < 1.29 is 31.8 Å². The summed E-state index contributed by atoms with van der Waals surface area (Å²) < 4.78 is 60.1. The van der Waals surface area contributed by atoms with Gasteiger partial charge < -0.3 is 9.84 Å². The average molecular weight is 605 g/mol. The lowest BCUT2D eigenvalue weighted by Crippen LogP contribution is -2.14. The van der Waals surface area contributed by atoms with Gasteiger partial charge in [0.2, 0.25) is 15.2 Å². The molecule has 0 aliphatic rings. The van der Waals surface area contributed by atoms with Crippen molar-refractivity contribution in [1.29, 1.82) is 0 Å². The summed E-state index contributed by atoms with van der Waals surface area (Å²) in [4.78, 5) is 15.2. The Morgan fingerprint density at radius 1 is 1.15 bits per heavy atom. The lowest BCUT2D eigenvalue weighted by molar-refractivity contribution is 0.0691. The number of hydrogen-bond donors (Lipinski definition) is 2. The van der Waals surface area contributed by atoms with Gasteiger partial charge in [-0.25, -0.2) is 36.8 Å². The number of carboxylic acid groups (broad SMARTS) is 1. The summed E-state index contributed by atoms with van der Waals surface area (Å²) >= 11 is 1.11. The number of nitrogens with two attached hydrogens (primary N) is 1. The number of carbonyl (C=O) groups is 1.